The Morgan fingerprint density at radius 3 is 2.34 bits per heavy atom. The number of carbonyl (C=O) groups excluding carboxylic acids is 2. The van der Waals surface area contributed by atoms with Crippen molar-refractivity contribution in [1.82, 2.24) is 20.1 Å². The zero-order valence-corrected chi connectivity index (χ0v) is 29.5. The van der Waals surface area contributed by atoms with Crippen molar-refractivity contribution in [2.45, 2.75) is 43.0 Å². The number of nitriles is 1. The van der Waals surface area contributed by atoms with Crippen molar-refractivity contribution in [3.05, 3.63) is 71.4 Å². The number of hydrogen-bond acceptors (Lipinski definition) is 10. The number of anilines is 1. The number of carbonyl (C=O) groups is 2. The molecule has 0 aliphatic carbocycles. The molecule has 0 spiro atoms. The van der Waals surface area contributed by atoms with Gasteiger partial charge in [-0.2, -0.15) is 9.57 Å². The van der Waals surface area contributed by atoms with Crippen molar-refractivity contribution in [3.8, 4) is 23.4 Å². The lowest BCUT2D eigenvalue weighted by molar-refractivity contribution is -0.121. The number of pyridine rings is 1. The molecule has 50 heavy (non-hydrogen) atoms. The fourth-order valence-corrected chi connectivity index (χ4v) is 9.08. The van der Waals surface area contributed by atoms with E-state index in [9.17, 15) is 18.5 Å². The van der Waals surface area contributed by atoms with E-state index in [-0.39, 0.29) is 45.5 Å². The molecular formula is C36H42N6O7S. The monoisotopic (exact) mass is 702 g/mol. The zero-order chi connectivity index (χ0) is 35.6. The van der Waals surface area contributed by atoms with Gasteiger partial charge in [-0.15, -0.1) is 0 Å². The highest BCUT2D eigenvalue weighted by molar-refractivity contribution is 7.93. The third-order valence-electron chi connectivity index (χ3n) is 10.2. The van der Waals surface area contributed by atoms with Crippen LogP contribution in [0.1, 0.15) is 49.3 Å². The van der Waals surface area contributed by atoms with Crippen LogP contribution in [-0.4, -0.2) is 89.2 Å². The van der Waals surface area contributed by atoms with Crippen LogP contribution in [-0.2, 0) is 20.4 Å². The summed E-state index contributed by atoms with van der Waals surface area (Å²) in [7, 11) is 0.208. The van der Waals surface area contributed by atoms with Crippen molar-refractivity contribution in [2.75, 3.05) is 58.4 Å². The van der Waals surface area contributed by atoms with Crippen LogP contribution in [0.5, 0.6) is 17.4 Å². The number of hydrogen-bond donors (Lipinski definition) is 1. The molecule has 2 aromatic carbocycles. The van der Waals surface area contributed by atoms with E-state index in [0.717, 1.165) is 38.8 Å². The maximum absolute atomic E-state index is 15.2. The molecule has 3 aromatic rings. The van der Waals surface area contributed by atoms with Crippen LogP contribution in [0.2, 0.25) is 0 Å². The van der Waals surface area contributed by atoms with E-state index >= 15 is 4.79 Å². The van der Waals surface area contributed by atoms with Crippen molar-refractivity contribution >= 4 is 27.6 Å². The Labute approximate surface area is 292 Å². The molecule has 6 rings (SSSR count). The molecular weight excluding hydrogens is 660 g/mol. The Balaban J connectivity index is 1.45. The average molecular weight is 703 g/mol. The number of amides is 3. The second-order valence-corrected chi connectivity index (χ2v) is 14.6. The first-order valence-electron chi connectivity index (χ1n) is 16.8. The number of piperidine rings is 2. The predicted molar refractivity (Wildman–Crippen MR) is 185 cm³/mol. The molecule has 1 unspecified atom stereocenters. The molecule has 2 saturated heterocycles. The number of fused-ring (bicyclic) bond motifs is 1. The highest BCUT2D eigenvalue weighted by Gasteiger charge is 2.59. The van der Waals surface area contributed by atoms with Crippen molar-refractivity contribution < 1.29 is 32.2 Å². The predicted octanol–water partition coefficient (Wildman–Crippen LogP) is 4.11. The summed E-state index contributed by atoms with van der Waals surface area (Å²) in [5, 5.41) is 12.9. The summed E-state index contributed by atoms with van der Waals surface area (Å²) >= 11 is 0. The van der Waals surface area contributed by atoms with Crippen LogP contribution in [0.3, 0.4) is 0 Å². The van der Waals surface area contributed by atoms with Gasteiger partial charge in [0.1, 0.15) is 16.4 Å². The number of urea groups is 1. The number of benzene rings is 2. The minimum Gasteiger partial charge on any atom is -0.497 e. The Bertz CT molecular complexity index is 1920. The van der Waals surface area contributed by atoms with Gasteiger partial charge in [-0.1, -0.05) is 0 Å². The summed E-state index contributed by atoms with van der Waals surface area (Å²) in [5.41, 5.74) is -1.76. The molecule has 0 bridgehead atoms. The highest BCUT2D eigenvalue weighted by Crippen LogP contribution is 2.50. The number of methoxy groups -OCH3 is 2. The molecule has 264 valence electrons. The molecule has 2 fully saturated rings. The second-order valence-electron chi connectivity index (χ2n) is 12.9. The fourth-order valence-electron chi connectivity index (χ4n) is 7.47. The lowest BCUT2D eigenvalue weighted by atomic mass is 9.79. The quantitative estimate of drug-likeness (QED) is 0.345. The first-order chi connectivity index (χ1) is 24.1. The molecule has 3 aliphatic heterocycles. The van der Waals surface area contributed by atoms with Gasteiger partial charge in [-0.05, 0) is 107 Å². The van der Waals surface area contributed by atoms with Gasteiger partial charge in [0.2, 0.25) is 5.88 Å². The Morgan fingerprint density at radius 1 is 1.00 bits per heavy atom. The number of nitrogens with zero attached hydrogens (tertiary/aromatic N) is 5. The van der Waals surface area contributed by atoms with Gasteiger partial charge in [0.15, 0.2) is 5.54 Å². The molecule has 3 amide bonds. The van der Waals surface area contributed by atoms with Gasteiger partial charge in [0.25, 0.3) is 15.9 Å². The Hall–Kier alpha value is -4.87. The number of rotatable bonds is 9. The summed E-state index contributed by atoms with van der Waals surface area (Å²) in [4.78, 5) is 37.6. The smallest absolute Gasteiger partial charge is 0.318 e. The van der Waals surface area contributed by atoms with E-state index in [1.807, 2.05) is 0 Å². The van der Waals surface area contributed by atoms with Crippen LogP contribution in [0.15, 0.2) is 59.6 Å². The SMILES string of the molecule is CCOc1ncccc1C1(NC(=O)N2CCC(C3CCN(C)CC3)CC2)C(=O)N(S(=O)(=O)c2ccc(OC)cc2OC)c2ccc(C#N)cc21. The summed E-state index contributed by atoms with van der Waals surface area (Å²) in [5.74, 6) is 0.469. The van der Waals surface area contributed by atoms with Crippen molar-refractivity contribution in [2.24, 2.45) is 11.8 Å². The van der Waals surface area contributed by atoms with Crippen molar-refractivity contribution in [1.29, 1.82) is 5.26 Å². The van der Waals surface area contributed by atoms with Gasteiger partial charge in [-0.3, -0.25) is 4.79 Å². The first-order valence-corrected chi connectivity index (χ1v) is 18.2. The molecule has 1 atom stereocenters. The zero-order valence-electron chi connectivity index (χ0n) is 28.7. The molecule has 0 radical (unpaired) electrons. The number of likely N-dealkylation sites (tertiary alicyclic amines) is 2. The van der Waals surface area contributed by atoms with Gasteiger partial charge >= 0.3 is 6.03 Å². The summed E-state index contributed by atoms with van der Waals surface area (Å²) < 4.78 is 46.5. The first kappa shape index (κ1) is 35.0. The second kappa shape index (κ2) is 14.2. The van der Waals surface area contributed by atoms with E-state index in [2.05, 4.69) is 28.3 Å². The van der Waals surface area contributed by atoms with Gasteiger partial charge < -0.3 is 29.3 Å². The number of ether oxygens (including phenoxy) is 3. The van der Waals surface area contributed by atoms with Crippen LogP contribution < -0.4 is 23.8 Å². The largest absolute Gasteiger partial charge is 0.497 e. The molecule has 0 saturated carbocycles. The molecule has 13 nitrogen and oxygen atoms in total. The van der Waals surface area contributed by atoms with Gasteiger partial charge in [0.05, 0.1) is 43.7 Å². The summed E-state index contributed by atoms with van der Waals surface area (Å²) in [6.45, 7) is 5.03. The lowest BCUT2D eigenvalue weighted by Gasteiger charge is -2.40. The normalized spacial score (nSPS) is 20.3. The molecule has 14 heteroatoms. The van der Waals surface area contributed by atoms with Crippen LogP contribution >= 0.6 is 0 Å². The molecule has 1 N–H and O–H groups in total. The standard InChI is InChI=1S/C36H42N6O7S/c1-5-49-33-28(7-6-16-38-33)36(39-35(44)41-19-14-26(15-20-41)25-12-17-40(2)18-13-25)29-21-24(23-37)8-10-30(29)42(34(36)43)50(45,46)32-11-9-27(47-3)22-31(32)48-4/h6-11,16,21-22,25-26H,5,12-15,17-20H2,1-4H3,(H,39,44). The van der Waals surface area contributed by atoms with Crippen LogP contribution in [0.4, 0.5) is 10.5 Å². The van der Waals surface area contributed by atoms with E-state index in [0.29, 0.717) is 35.0 Å². The topological polar surface area (TPSA) is 154 Å². The van der Waals surface area contributed by atoms with Gasteiger partial charge in [0, 0.05) is 30.9 Å². The fraction of sp³-hybridized carbons (Fsp3) is 0.444. The average Bonchev–Trinajstić information content (AvgIpc) is 3.39. The molecule has 3 aliphatic rings. The molecule has 4 heterocycles. The Kier molecular flexibility index (Phi) is 9.91. The van der Waals surface area contributed by atoms with E-state index < -0.39 is 27.5 Å². The van der Waals surface area contributed by atoms with Gasteiger partial charge in [-0.25, -0.2) is 18.2 Å². The highest BCUT2D eigenvalue weighted by atomic mass is 32.2. The third kappa shape index (κ3) is 6.09. The van der Waals surface area contributed by atoms with E-state index in [4.69, 9.17) is 14.2 Å². The van der Waals surface area contributed by atoms with Crippen LogP contribution in [0.25, 0.3) is 0 Å². The number of sulfonamides is 1. The number of aromatic nitrogens is 1. The summed E-state index contributed by atoms with van der Waals surface area (Å²) in [6.07, 6.45) is 5.40. The Morgan fingerprint density at radius 2 is 1.70 bits per heavy atom. The number of nitrogens with one attached hydrogen (secondary N) is 1. The van der Waals surface area contributed by atoms with Crippen molar-refractivity contribution in [3.63, 3.8) is 0 Å². The van der Waals surface area contributed by atoms with E-state index in [1.165, 1.54) is 56.8 Å². The third-order valence-corrected chi connectivity index (χ3v) is 11.9. The minimum absolute atomic E-state index is 0.0283. The van der Waals surface area contributed by atoms with Crippen LogP contribution in [0, 0.1) is 23.2 Å². The maximum atomic E-state index is 15.2. The maximum Gasteiger partial charge on any atom is 0.318 e. The lowest BCUT2D eigenvalue weighted by Crippen LogP contribution is -2.58. The summed E-state index contributed by atoms with van der Waals surface area (Å²) in [6, 6.07) is 13.1. The molecule has 1 aromatic heterocycles. The minimum atomic E-state index is -4.69. The van der Waals surface area contributed by atoms with E-state index in [1.54, 1.807) is 24.0 Å².